The van der Waals surface area contributed by atoms with Crippen LogP contribution in [-0.2, 0) is 17.4 Å². The molecule has 0 radical (unpaired) electrons. The molecule has 0 spiro atoms. The Morgan fingerprint density at radius 2 is 1.97 bits per heavy atom. The molecule has 0 saturated heterocycles. The van der Waals surface area contributed by atoms with Gasteiger partial charge < -0.3 is 15.4 Å². The number of rotatable bonds is 9. The first-order chi connectivity index (χ1) is 17.2. The van der Waals surface area contributed by atoms with Crippen LogP contribution in [0.1, 0.15) is 40.0 Å². The highest BCUT2D eigenvalue weighted by molar-refractivity contribution is 5.97. The first-order valence-electron chi connectivity index (χ1n) is 11.1. The molecule has 36 heavy (non-hydrogen) atoms. The van der Waals surface area contributed by atoms with E-state index >= 15 is 0 Å². The Morgan fingerprint density at radius 3 is 2.58 bits per heavy atom. The molecule has 2 unspecified atom stereocenters. The number of alkyl halides is 3. The van der Waals surface area contributed by atoms with Crippen molar-refractivity contribution in [2.75, 3.05) is 26.7 Å². The van der Waals surface area contributed by atoms with E-state index in [2.05, 4.69) is 27.0 Å². The van der Waals surface area contributed by atoms with E-state index in [1.165, 1.54) is 12.1 Å². The third-order valence-electron chi connectivity index (χ3n) is 5.57. The predicted molar refractivity (Wildman–Crippen MR) is 123 cm³/mol. The fraction of sp³-hybridized carbons (Fsp3) is 0.375. The van der Waals surface area contributed by atoms with E-state index < -0.39 is 35.6 Å². The highest BCUT2D eigenvalue weighted by Gasteiger charge is 2.32. The summed E-state index contributed by atoms with van der Waals surface area (Å²) >= 11 is 0. The summed E-state index contributed by atoms with van der Waals surface area (Å²) < 4.78 is 43.6. The molecule has 0 fully saturated rings. The van der Waals surface area contributed by atoms with Crippen molar-refractivity contribution in [1.82, 2.24) is 15.6 Å². The van der Waals surface area contributed by atoms with Crippen LogP contribution < -0.4 is 15.4 Å². The zero-order chi connectivity index (χ0) is 26.3. The molecule has 2 aromatic rings. The second kappa shape index (κ2) is 11.5. The van der Waals surface area contributed by atoms with Crippen LogP contribution >= 0.6 is 0 Å². The summed E-state index contributed by atoms with van der Waals surface area (Å²) in [6, 6.07) is 10.4. The van der Waals surface area contributed by atoms with Crippen molar-refractivity contribution < 1.29 is 27.5 Å². The first-order valence-corrected chi connectivity index (χ1v) is 11.1. The van der Waals surface area contributed by atoms with E-state index in [9.17, 15) is 28.0 Å². The Balaban J connectivity index is 1.49. The van der Waals surface area contributed by atoms with Gasteiger partial charge in [0.1, 0.15) is 11.8 Å². The Bertz CT molecular complexity index is 1160. The molecule has 9 nitrogen and oxygen atoms in total. The van der Waals surface area contributed by atoms with Gasteiger partial charge in [0.15, 0.2) is 6.04 Å². The lowest BCUT2D eigenvalue weighted by Gasteiger charge is -2.17. The number of hydrogen-bond acceptors (Lipinski definition) is 7. The van der Waals surface area contributed by atoms with Crippen molar-refractivity contribution in [2.24, 2.45) is 10.3 Å². The van der Waals surface area contributed by atoms with Crippen LogP contribution in [0, 0.1) is 11.3 Å². The number of methoxy groups -OCH3 is 1. The number of aryl methyl sites for hydroxylation is 1. The van der Waals surface area contributed by atoms with Crippen molar-refractivity contribution in [2.45, 2.75) is 31.6 Å². The zero-order valence-electron chi connectivity index (χ0n) is 19.7. The monoisotopic (exact) mass is 502 g/mol. The number of nitriles is 1. The van der Waals surface area contributed by atoms with E-state index in [4.69, 9.17) is 4.74 Å². The SMILES string of the molecule is CCc1ccc(C(C#N)NC(=O)C2CN(CCNC(=O)c3ccc(C(F)(F)F)cc3OC)N=N2)cc1. The highest BCUT2D eigenvalue weighted by Crippen LogP contribution is 2.33. The molecule has 2 amide bonds. The maximum atomic E-state index is 12.9. The maximum Gasteiger partial charge on any atom is 0.416 e. The molecular weight excluding hydrogens is 477 g/mol. The van der Waals surface area contributed by atoms with Gasteiger partial charge in [0.05, 0.1) is 37.4 Å². The first kappa shape index (κ1) is 26.5. The number of halogens is 3. The van der Waals surface area contributed by atoms with Crippen LogP contribution in [0.15, 0.2) is 52.8 Å². The average Bonchev–Trinajstić information content (AvgIpc) is 3.35. The molecule has 2 N–H and O–H groups in total. The smallest absolute Gasteiger partial charge is 0.416 e. The Hall–Kier alpha value is -4.14. The molecule has 0 aromatic heterocycles. The van der Waals surface area contributed by atoms with Crippen molar-refractivity contribution in [3.8, 4) is 11.8 Å². The summed E-state index contributed by atoms with van der Waals surface area (Å²) in [5.74, 6) is -1.26. The van der Waals surface area contributed by atoms with Gasteiger partial charge >= 0.3 is 6.18 Å². The fourth-order valence-corrected chi connectivity index (χ4v) is 3.50. The topological polar surface area (TPSA) is 119 Å². The van der Waals surface area contributed by atoms with Crippen LogP contribution in [-0.4, -0.2) is 49.6 Å². The number of carbonyl (C=O) groups excluding carboxylic acids is 2. The highest BCUT2D eigenvalue weighted by atomic mass is 19.4. The number of carbonyl (C=O) groups is 2. The second-order valence-electron chi connectivity index (χ2n) is 7.97. The van der Waals surface area contributed by atoms with E-state index in [0.29, 0.717) is 5.56 Å². The predicted octanol–water partition coefficient (Wildman–Crippen LogP) is 3.44. The number of nitrogens with zero attached hydrogens (tertiary/aromatic N) is 4. The van der Waals surface area contributed by atoms with Crippen molar-refractivity contribution >= 4 is 11.8 Å². The largest absolute Gasteiger partial charge is 0.496 e. The number of benzene rings is 2. The Kier molecular flexibility index (Phi) is 8.47. The van der Waals surface area contributed by atoms with E-state index in [1.807, 2.05) is 19.1 Å². The summed E-state index contributed by atoms with van der Waals surface area (Å²) in [5.41, 5.74) is 0.816. The second-order valence-corrected chi connectivity index (χ2v) is 7.97. The summed E-state index contributed by atoms with van der Waals surface area (Å²) in [5, 5.41) is 24.1. The van der Waals surface area contributed by atoms with Gasteiger partial charge in [0, 0.05) is 6.54 Å². The van der Waals surface area contributed by atoms with E-state index in [0.717, 1.165) is 30.2 Å². The molecule has 2 atom stereocenters. The standard InChI is InChI=1S/C24H25F3N6O3/c1-3-15-4-6-16(7-5-15)19(13-28)30-23(35)20-14-33(32-31-20)11-10-29-22(34)18-9-8-17(24(25,26)27)12-21(18)36-2/h4-9,12,19-20H,3,10-11,14H2,1-2H3,(H,29,34)(H,30,35). The summed E-state index contributed by atoms with van der Waals surface area (Å²) in [4.78, 5) is 25.0. The summed E-state index contributed by atoms with van der Waals surface area (Å²) in [6.45, 7) is 2.48. The van der Waals surface area contributed by atoms with Gasteiger partial charge in [-0.3, -0.25) is 14.6 Å². The molecular formula is C24H25F3N6O3. The van der Waals surface area contributed by atoms with Gasteiger partial charge in [-0.25, -0.2) is 0 Å². The molecule has 1 aliphatic rings. The molecule has 0 aliphatic carbocycles. The number of amides is 2. The molecule has 12 heteroatoms. The third kappa shape index (κ3) is 6.50. The lowest BCUT2D eigenvalue weighted by Crippen LogP contribution is -2.40. The average molecular weight is 502 g/mol. The molecule has 1 aliphatic heterocycles. The number of hydrogen-bond donors (Lipinski definition) is 2. The van der Waals surface area contributed by atoms with Gasteiger partial charge in [-0.1, -0.05) is 36.4 Å². The van der Waals surface area contributed by atoms with E-state index in [-0.39, 0.29) is 30.9 Å². The molecule has 1 heterocycles. The lowest BCUT2D eigenvalue weighted by molar-refractivity contribution is -0.137. The third-order valence-corrected chi connectivity index (χ3v) is 5.57. The minimum atomic E-state index is -4.56. The minimum Gasteiger partial charge on any atom is -0.496 e. The van der Waals surface area contributed by atoms with Crippen LogP contribution in [0.3, 0.4) is 0 Å². The van der Waals surface area contributed by atoms with Gasteiger partial charge in [-0.05, 0) is 35.7 Å². The molecule has 0 bridgehead atoms. The fourth-order valence-electron chi connectivity index (χ4n) is 3.50. The van der Waals surface area contributed by atoms with Crippen LogP contribution in [0.2, 0.25) is 0 Å². The lowest BCUT2D eigenvalue weighted by atomic mass is 10.0. The van der Waals surface area contributed by atoms with Crippen molar-refractivity contribution in [3.63, 3.8) is 0 Å². The normalized spacial score (nSPS) is 15.8. The van der Waals surface area contributed by atoms with Crippen molar-refractivity contribution in [1.29, 1.82) is 5.26 Å². The van der Waals surface area contributed by atoms with Gasteiger partial charge in [-0.15, -0.1) is 0 Å². The minimum absolute atomic E-state index is 0.0414. The van der Waals surface area contributed by atoms with Gasteiger partial charge in [0.25, 0.3) is 5.91 Å². The van der Waals surface area contributed by atoms with Crippen LogP contribution in [0.5, 0.6) is 5.75 Å². The van der Waals surface area contributed by atoms with Gasteiger partial charge in [-0.2, -0.15) is 23.5 Å². The summed E-state index contributed by atoms with van der Waals surface area (Å²) in [7, 11) is 1.18. The Morgan fingerprint density at radius 1 is 1.25 bits per heavy atom. The number of nitrogens with one attached hydrogen (secondary N) is 2. The molecule has 3 rings (SSSR count). The molecule has 2 aromatic carbocycles. The van der Waals surface area contributed by atoms with Crippen LogP contribution in [0.25, 0.3) is 0 Å². The van der Waals surface area contributed by atoms with E-state index in [1.54, 1.807) is 12.1 Å². The van der Waals surface area contributed by atoms with Crippen LogP contribution in [0.4, 0.5) is 13.2 Å². The molecule has 190 valence electrons. The van der Waals surface area contributed by atoms with Gasteiger partial charge in [0.2, 0.25) is 5.91 Å². The Labute approximate surface area is 205 Å². The zero-order valence-corrected chi connectivity index (χ0v) is 19.7. The summed E-state index contributed by atoms with van der Waals surface area (Å²) in [6.07, 6.45) is -3.70. The molecule has 0 saturated carbocycles. The van der Waals surface area contributed by atoms with Crippen molar-refractivity contribution in [3.05, 3.63) is 64.7 Å². The quantitative estimate of drug-likeness (QED) is 0.545. The maximum absolute atomic E-state index is 12.9. The number of ether oxygens (including phenoxy) is 1.